The van der Waals surface area contributed by atoms with Crippen LogP contribution in [0.4, 0.5) is 0 Å². The van der Waals surface area contributed by atoms with E-state index in [4.69, 9.17) is 9.16 Å². The Kier molecular flexibility index (Phi) is 7.87. The maximum absolute atomic E-state index is 12.9. The highest BCUT2D eigenvalue weighted by molar-refractivity contribution is 6.99. The van der Waals surface area contributed by atoms with E-state index in [1.165, 1.54) is 10.4 Å². The Morgan fingerprint density at radius 1 is 0.939 bits per heavy atom. The van der Waals surface area contributed by atoms with Gasteiger partial charge in [0.1, 0.15) is 11.6 Å². The number of carbonyl (C=O) groups is 1. The first-order valence-electron chi connectivity index (χ1n) is 12.2. The second-order valence-corrected chi connectivity index (χ2v) is 15.5. The molecule has 1 aliphatic heterocycles. The Hall–Kier alpha value is -1.95. The summed E-state index contributed by atoms with van der Waals surface area (Å²) in [7, 11) is -2.57. The molecule has 1 aliphatic rings. The molecule has 0 aromatic heterocycles. The fourth-order valence-corrected chi connectivity index (χ4v) is 9.73. The number of nitrogens with zero attached hydrogens (tertiary/aromatic N) is 1. The second kappa shape index (κ2) is 10.1. The number of esters is 1. The molecule has 33 heavy (non-hydrogen) atoms. The molecule has 180 valence electrons. The van der Waals surface area contributed by atoms with E-state index in [-0.39, 0.29) is 17.0 Å². The summed E-state index contributed by atoms with van der Waals surface area (Å²) in [6.45, 7) is 17.1. The smallest absolute Gasteiger partial charge is 0.323 e. The summed E-state index contributed by atoms with van der Waals surface area (Å²) in [5, 5.41) is 2.53. The number of benzene rings is 2. The number of rotatable bonds is 7. The zero-order chi connectivity index (χ0) is 24.3. The number of hydrogen-bond acceptors (Lipinski definition) is 4. The van der Waals surface area contributed by atoms with Gasteiger partial charge in [-0.15, -0.1) is 0 Å². The molecule has 1 saturated heterocycles. The van der Waals surface area contributed by atoms with Crippen molar-refractivity contribution in [2.75, 3.05) is 19.7 Å². The average molecular weight is 468 g/mol. The minimum absolute atomic E-state index is 0.0523. The third-order valence-electron chi connectivity index (χ3n) is 6.53. The van der Waals surface area contributed by atoms with E-state index in [9.17, 15) is 4.79 Å². The fraction of sp³-hybridized carbons (Fsp3) is 0.536. The van der Waals surface area contributed by atoms with Crippen LogP contribution in [0.1, 0.15) is 54.9 Å². The second-order valence-electron chi connectivity index (χ2n) is 11.2. The molecule has 2 aromatic carbocycles. The minimum atomic E-state index is -2.57. The first-order chi connectivity index (χ1) is 15.5. The summed E-state index contributed by atoms with van der Waals surface area (Å²) in [6, 6.07) is 21.3. The van der Waals surface area contributed by atoms with Gasteiger partial charge in [0.2, 0.25) is 0 Å². The van der Waals surface area contributed by atoms with Crippen LogP contribution in [-0.2, 0) is 14.0 Å². The third-order valence-corrected chi connectivity index (χ3v) is 11.5. The SMILES string of the molecule is CCN1CC(CO[Si](c2ccccc2)(c2ccccc2)C(C)(C)C)CC1C(=O)OC(C)(C)C. The number of carbonyl (C=O) groups excluding carboxylic acids is 1. The van der Waals surface area contributed by atoms with Crippen LogP contribution in [0.15, 0.2) is 60.7 Å². The highest BCUT2D eigenvalue weighted by atomic mass is 28.4. The van der Waals surface area contributed by atoms with Crippen LogP contribution < -0.4 is 10.4 Å². The van der Waals surface area contributed by atoms with Gasteiger partial charge in [-0.1, -0.05) is 88.4 Å². The van der Waals surface area contributed by atoms with Gasteiger partial charge < -0.3 is 9.16 Å². The molecule has 2 aromatic rings. The first kappa shape index (κ1) is 25.7. The molecule has 2 atom stereocenters. The quantitative estimate of drug-likeness (QED) is 0.440. The van der Waals surface area contributed by atoms with Crippen molar-refractivity contribution < 1.29 is 14.0 Å². The van der Waals surface area contributed by atoms with E-state index in [2.05, 4.69) is 93.3 Å². The molecular weight excluding hydrogens is 426 g/mol. The molecule has 0 aliphatic carbocycles. The summed E-state index contributed by atoms with van der Waals surface area (Å²) in [5.41, 5.74) is -0.472. The van der Waals surface area contributed by atoms with Gasteiger partial charge >= 0.3 is 5.97 Å². The van der Waals surface area contributed by atoms with Crippen molar-refractivity contribution in [2.24, 2.45) is 5.92 Å². The number of hydrogen-bond donors (Lipinski definition) is 0. The van der Waals surface area contributed by atoms with Crippen LogP contribution >= 0.6 is 0 Å². The lowest BCUT2D eigenvalue weighted by Gasteiger charge is -2.43. The summed E-state index contributed by atoms with van der Waals surface area (Å²) < 4.78 is 12.9. The van der Waals surface area contributed by atoms with Gasteiger partial charge in [-0.25, -0.2) is 0 Å². The topological polar surface area (TPSA) is 38.8 Å². The summed E-state index contributed by atoms with van der Waals surface area (Å²) in [4.78, 5) is 15.1. The van der Waals surface area contributed by atoms with E-state index in [0.29, 0.717) is 12.5 Å². The largest absolute Gasteiger partial charge is 0.459 e. The van der Waals surface area contributed by atoms with Crippen LogP contribution in [0.3, 0.4) is 0 Å². The zero-order valence-corrected chi connectivity index (χ0v) is 22.4. The van der Waals surface area contributed by atoms with E-state index >= 15 is 0 Å². The first-order valence-corrected chi connectivity index (χ1v) is 14.1. The Morgan fingerprint density at radius 3 is 1.88 bits per heavy atom. The molecule has 0 radical (unpaired) electrons. The lowest BCUT2D eigenvalue weighted by Crippen LogP contribution is -2.67. The van der Waals surface area contributed by atoms with Gasteiger partial charge in [0, 0.05) is 13.2 Å². The van der Waals surface area contributed by atoms with Crippen molar-refractivity contribution in [3.8, 4) is 0 Å². The molecule has 0 saturated carbocycles. The molecule has 1 fully saturated rings. The van der Waals surface area contributed by atoms with E-state index in [1.54, 1.807) is 0 Å². The van der Waals surface area contributed by atoms with Crippen LogP contribution in [0, 0.1) is 5.92 Å². The van der Waals surface area contributed by atoms with Crippen LogP contribution in [0.2, 0.25) is 5.04 Å². The lowest BCUT2D eigenvalue weighted by molar-refractivity contribution is -0.160. The van der Waals surface area contributed by atoms with Crippen LogP contribution in [0.5, 0.6) is 0 Å². The molecule has 1 heterocycles. The predicted octanol–water partition coefficient (Wildman–Crippen LogP) is 4.62. The normalized spacial score (nSPS) is 20.1. The van der Waals surface area contributed by atoms with E-state index in [0.717, 1.165) is 19.5 Å². The van der Waals surface area contributed by atoms with Gasteiger partial charge in [0.25, 0.3) is 8.32 Å². The van der Waals surface area contributed by atoms with Crippen LogP contribution in [-0.4, -0.2) is 50.5 Å². The molecule has 0 N–H and O–H groups in total. The number of likely N-dealkylation sites (N-methyl/N-ethyl adjacent to an activating group) is 1. The Morgan fingerprint density at radius 2 is 1.45 bits per heavy atom. The maximum Gasteiger partial charge on any atom is 0.323 e. The standard InChI is InChI=1S/C28H41NO3Si/c1-8-29-20-22(19-25(29)26(30)32-27(2,3)4)21-31-33(28(5,6)7,23-15-11-9-12-16-23)24-17-13-10-14-18-24/h9-18,22,25H,8,19-21H2,1-7H3. The Balaban J connectivity index is 1.89. The van der Waals surface area contributed by atoms with Gasteiger partial charge in [0.05, 0.1) is 0 Å². The van der Waals surface area contributed by atoms with E-state index < -0.39 is 13.9 Å². The molecule has 4 nitrogen and oxygen atoms in total. The van der Waals surface area contributed by atoms with Crippen molar-refractivity contribution in [3.05, 3.63) is 60.7 Å². The van der Waals surface area contributed by atoms with Crippen molar-refractivity contribution in [1.29, 1.82) is 0 Å². The molecule has 0 bridgehead atoms. The van der Waals surface area contributed by atoms with Crippen molar-refractivity contribution in [1.82, 2.24) is 4.90 Å². The molecule has 2 unspecified atom stereocenters. The molecule has 0 amide bonds. The average Bonchev–Trinajstić information content (AvgIpc) is 3.17. The van der Waals surface area contributed by atoms with E-state index in [1.807, 2.05) is 20.8 Å². The van der Waals surface area contributed by atoms with Crippen LogP contribution in [0.25, 0.3) is 0 Å². The summed E-state index contributed by atoms with van der Waals surface area (Å²) in [5.74, 6) is 0.182. The van der Waals surface area contributed by atoms with Gasteiger partial charge in [0.15, 0.2) is 0 Å². The maximum atomic E-state index is 12.9. The Labute approximate surface area is 201 Å². The molecule has 3 rings (SSSR count). The fourth-order valence-electron chi connectivity index (χ4n) is 5.09. The minimum Gasteiger partial charge on any atom is -0.459 e. The summed E-state index contributed by atoms with van der Waals surface area (Å²) in [6.07, 6.45) is 0.779. The molecule has 5 heteroatoms. The highest BCUT2D eigenvalue weighted by Crippen LogP contribution is 2.38. The number of ether oxygens (including phenoxy) is 1. The van der Waals surface area contributed by atoms with Gasteiger partial charge in [-0.05, 0) is 55.1 Å². The van der Waals surface area contributed by atoms with Gasteiger partial charge in [-0.2, -0.15) is 0 Å². The third kappa shape index (κ3) is 5.76. The predicted molar refractivity (Wildman–Crippen MR) is 139 cm³/mol. The summed E-state index contributed by atoms with van der Waals surface area (Å²) >= 11 is 0. The molecule has 0 spiro atoms. The highest BCUT2D eigenvalue weighted by Gasteiger charge is 2.51. The van der Waals surface area contributed by atoms with Crippen molar-refractivity contribution >= 4 is 24.7 Å². The number of likely N-dealkylation sites (tertiary alicyclic amines) is 1. The van der Waals surface area contributed by atoms with Gasteiger partial charge in [-0.3, -0.25) is 9.69 Å². The monoisotopic (exact) mass is 467 g/mol. The zero-order valence-electron chi connectivity index (χ0n) is 21.4. The lowest BCUT2D eigenvalue weighted by atomic mass is 10.1. The Bertz CT molecular complexity index is 863. The molecular formula is C28H41NO3Si. The van der Waals surface area contributed by atoms with Crippen molar-refractivity contribution in [2.45, 2.75) is 71.6 Å². The van der Waals surface area contributed by atoms with Crippen molar-refractivity contribution in [3.63, 3.8) is 0 Å².